The van der Waals surface area contributed by atoms with E-state index in [0.29, 0.717) is 17.6 Å². The summed E-state index contributed by atoms with van der Waals surface area (Å²) in [5.74, 6) is 1.61. The first-order valence-corrected chi connectivity index (χ1v) is 7.09. The van der Waals surface area contributed by atoms with Gasteiger partial charge < -0.3 is 10.6 Å². The van der Waals surface area contributed by atoms with E-state index >= 15 is 0 Å². The van der Waals surface area contributed by atoms with E-state index in [1.165, 1.54) is 6.07 Å². The van der Waals surface area contributed by atoms with E-state index in [4.69, 9.17) is 0 Å². The Morgan fingerprint density at radius 3 is 2.55 bits per heavy atom. The Balaban J connectivity index is 2.83. The normalized spacial score (nSPS) is 12.2. The van der Waals surface area contributed by atoms with Crippen LogP contribution in [0.1, 0.15) is 40.5 Å². The van der Waals surface area contributed by atoms with Crippen molar-refractivity contribution in [1.29, 1.82) is 0 Å². The van der Waals surface area contributed by atoms with Crippen LogP contribution >= 0.6 is 0 Å². The number of nitrogens with zero attached hydrogens (tertiary/aromatic N) is 2. The van der Waals surface area contributed by atoms with Gasteiger partial charge in [0, 0.05) is 18.7 Å². The molecular formula is C14H24N4O2. The number of nitrogens with one attached hydrogen (secondary N) is 2. The minimum atomic E-state index is -0.403. The number of nitro groups is 1. The molecule has 1 heterocycles. The Morgan fingerprint density at radius 2 is 2.00 bits per heavy atom. The number of aromatic nitrogens is 1. The first-order valence-electron chi connectivity index (χ1n) is 7.09. The molecule has 0 radical (unpaired) electrons. The molecule has 1 rings (SSSR count). The fraction of sp³-hybridized carbons (Fsp3) is 0.643. The molecule has 0 saturated carbocycles. The number of anilines is 2. The van der Waals surface area contributed by atoms with Crippen molar-refractivity contribution in [2.24, 2.45) is 5.92 Å². The van der Waals surface area contributed by atoms with Crippen molar-refractivity contribution in [3.05, 3.63) is 22.2 Å². The lowest BCUT2D eigenvalue weighted by Gasteiger charge is -2.16. The summed E-state index contributed by atoms with van der Waals surface area (Å²) in [7, 11) is 0. The van der Waals surface area contributed by atoms with Crippen molar-refractivity contribution in [3.8, 4) is 0 Å². The second-order valence-electron chi connectivity index (χ2n) is 5.37. The van der Waals surface area contributed by atoms with Gasteiger partial charge in [0.15, 0.2) is 0 Å². The summed E-state index contributed by atoms with van der Waals surface area (Å²) in [6.07, 6.45) is 2.04. The number of pyridine rings is 1. The summed E-state index contributed by atoms with van der Waals surface area (Å²) >= 11 is 0. The molecule has 6 heteroatoms. The van der Waals surface area contributed by atoms with Gasteiger partial charge in [-0.15, -0.1) is 0 Å². The highest BCUT2D eigenvalue weighted by atomic mass is 16.6. The zero-order valence-corrected chi connectivity index (χ0v) is 12.6. The van der Waals surface area contributed by atoms with Crippen molar-refractivity contribution >= 4 is 17.3 Å². The highest BCUT2D eigenvalue weighted by molar-refractivity contribution is 5.60. The molecule has 1 aromatic heterocycles. The van der Waals surface area contributed by atoms with Crippen LogP contribution in [0, 0.1) is 16.0 Å². The summed E-state index contributed by atoms with van der Waals surface area (Å²) in [5, 5.41) is 17.3. The maximum atomic E-state index is 11.0. The molecule has 1 aromatic rings. The second kappa shape index (κ2) is 7.67. The van der Waals surface area contributed by atoms with Crippen LogP contribution in [0.4, 0.5) is 17.3 Å². The fourth-order valence-electron chi connectivity index (χ4n) is 1.87. The Kier molecular flexibility index (Phi) is 6.21. The minimum Gasteiger partial charge on any atom is -0.370 e. The van der Waals surface area contributed by atoms with E-state index < -0.39 is 4.92 Å². The van der Waals surface area contributed by atoms with Gasteiger partial charge in [-0.05, 0) is 38.7 Å². The van der Waals surface area contributed by atoms with E-state index in [-0.39, 0.29) is 11.7 Å². The van der Waals surface area contributed by atoms with Gasteiger partial charge in [-0.25, -0.2) is 4.98 Å². The monoisotopic (exact) mass is 280 g/mol. The molecule has 0 fully saturated rings. The third-order valence-corrected chi connectivity index (χ3v) is 2.99. The molecule has 20 heavy (non-hydrogen) atoms. The van der Waals surface area contributed by atoms with E-state index in [0.717, 1.165) is 19.4 Å². The highest BCUT2D eigenvalue weighted by Crippen LogP contribution is 2.25. The van der Waals surface area contributed by atoms with Crippen LogP contribution in [0.3, 0.4) is 0 Å². The molecule has 2 N–H and O–H groups in total. The molecular weight excluding hydrogens is 256 g/mol. The highest BCUT2D eigenvalue weighted by Gasteiger charge is 2.17. The molecule has 0 aliphatic carbocycles. The Hall–Kier alpha value is -1.85. The predicted molar refractivity (Wildman–Crippen MR) is 82.2 cm³/mol. The largest absolute Gasteiger partial charge is 0.370 e. The van der Waals surface area contributed by atoms with Gasteiger partial charge in [0.25, 0.3) is 0 Å². The predicted octanol–water partition coefficient (Wildman–Crippen LogP) is 3.66. The molecule has 0 aromatic carbocycles. The number of hydrogen-bond donors (Lipinski definition) is 2. The van der Waals surface area contributed by atoms with Gasteiger partial charge in [0.1, 0.15) is 5.82 Å². The van der Waals surface area contributed by atoms with Crippen LogP contribution in [0.2, 0.25) is 0 Å². The van der Waals surface area contributed by atoms with Gasteiger partial charge in [0.05, 0.1) is 4.92 Å². The fourth-order valence-corrected chi connectivity index (χ4v) is 1.87. The average Bonchev–Trinajstić information content (AvgIpc) is 2.36. The molecule has 1 atom stereocenters. The third kappa shape index (κ3) is 5.03. The number of hydrogen-bond acceptors (Lipinski definition) is 5. The molecule has 0 bridgehead atoms. The third-order valence-electron chi connectivity index (χ3n) is 2.99. The van der Waals surface area contributed by atoms with Crippen molar-refractivity contribution in [2.45, 2.75) is 46.6 Å². The van der Waals surface area contributed by atoms with Crippen LogP contribution < -0.4 is 10.6 Å². The Bertz CT molecular complexity index is 449. The maximum Gasteiger partial charge on any atom is 0.311 e. The summed E-state index contributed by atoms with van der Waals surface area (Å²) in [5.41, 5.74) is 0.0167. The molecule has 0 amide bonds. The van der Waals surface area contributed by atoms with Crippen LogP contribution in [0.25, 0.3) is 0 Å². The van der Waals surface area contributed by atoms with Crippen molar-refractivity contribution in [2.75, 3.05) is 17.2 Å². The van der Waals surface area contributed by atoms with E-state index in [1.54, 1.807) is 6.07 Å². The molecule has 0 aliphatic rings. The van der Waals surface area contributed by atoms with Gasteiger partial charge in [0.2, 0.25) is 5.82 Å². The van der Waals surface area contributed by atoms with Crippen molar-refractivity contribution in [1.82, 2.24) is 4.98 Å². The van der Waals surface area contributed by atoms with Gasteiger partial charge in [-0.2, -0.15) is 0 Å². The van der Waals surface area contributed by atoms with Crippen molar-refractivity contribution in [3.63, 3.8) is 0 Å². The molecule has 0 aliphatic heterocycles. The summed E-state index contributed by atoms with van der Waals surface area (Å²) in [6.45, 7) is 9.04. The zero-order chi connectivity index (χ0) is 15.1. The lowest BCUT2D eigenvalue weighted by atomic mass is 10.0. The SMILES string of the molecule is CCNc1ccc([N+](=O)[O-])c(NC(C)CCC(C)C)n1. The van der Waals surface area contributed by atoms with Gasteiger partial charge >= 0.3 is 5.69 Å². The lowest BCUT2D eigenvalue weighted by Crippen LogP contribution is -2.18. The van der Waals surface area contributed by atoms with Crippen LogP contribution in [0.15, 0.2) is 12.1 Å². The maximum absolute atomic E-state index is 11.0. The molecule has 112 valence electrons. The Morgan fingerprint density at radius 1 is 1.30 bits per heavy atom. The molecule has 1 unspecified atom stereocenters. The summed E-state index contributed by atoms with van der Waals surface area (Å²) in [6, 6.07) is 3.27. The zero-order valence-electron chi connectivity index (χ0n) is 12.6. The molecule has 0 saturated heterocycles. The topological polar surface area (TPSA) is 80.1 Å². The minimum absolute atomic E-state index is 0.0167. The summed E-state index contributed by atoms with van der Waals surface area (Å²) in [4.78, 5) is 14.9. The quantitative estimate of drug-likeness (QED) is 0.561. The van der Waals surface area contributed by atoms with Crippen molar-refractivity contribution < 1.29 is 4.92 Å². The first-order chi connectivity index (χ1) is 9.43. The van der Waals surface area contributed by atoms with Gasteiger partial charge in [-0.1, -0.05) is 13.8 Å². The van der Waals surface area contributed by atoms with Gasteiger partial charge in [-0.3, -0.25) is 10.1 Å². The summed E-state index contributed by atoms with van der Waals surface area (Å²) < 4.78 is 0. The molecule has 0 spiro atoms. The van der Waals surface area contributed by atoms with E-state index in [2.05, 4.69) is 29.5 Å². The van der Waals surface area contributed by atoms with Crippen LogP contribution in [-0.2, 0) is 0 Å². The van der Waals surface area contributed by atoms with Crippen LogP contribution in [0.5, 0.6) is 0 Å². The molecule has 6 nitrogen and oxygen atoms in total. The smallest absolute Gasteiger partial charge is 0.311 e. The Labute approximate surface area is 120 Å². The first kappa shape index (κ1) is 16.2. The average molecular weight is 280 g/mol. The van der Waals surface area contributed by atoms with E-state index in [9.17, 15) is 10.1 Å². The lowest BCUT2D eigenvalue weighted by molar-refractivity contribution is -0.384. The standard InChI is InChI=1S/C14H24N4O2/c1-5-15-13-9-8-12(18(19)20)14(17-13)16-11(4)7-6-10(2)3/h8-11H,5-7H2,1-4H3,(H2,15,16,17). The van der Waals surface area contributed by atoms with Crippen LogP contribution in [-0.4, -0.2) is 22.5 Å². The number of rotatable bonds is 8. The van der Waals surface area contributed by atoms with E-state index in [1.807, 2.05) is 13.8 Å². The second-order valence-corrected chi connectivity index (χ2v) is 5.37.